The second kappa shape index (κ2) is 7.35. The summed E-state index contributed by atoms with van der Waals surface area (Å²) in [5.41, 5.74) is 1.03. The van der Waals surface area contributed by atoms with Gasteiger partial charge in [0.2, 0.25) is 5.91 Å². The van der Waals surface area contributed by atoms with Crippen molar-refractivity contribution in [3.05, 3.63) is 35.9 Å². The van der Waals surface area contributed by atoms with Crippen LogP contribution in [0.25, 0.3) is 0 Å². The van der Waals surface area contributed by atoms with Gasteiger partial charge in [-0.15, -0.1) is 0 Å². The molecule has 0 bridgehead atoms. The molecule has 2 rings (SSSR count). The summed E-state index contributed by atoms with van der Waals surface area (Å²) in [7, 11) is 0. The topological polar surface area (TPSA) is 52.9 Å². The molecule has 0 aromatic heterocycles. The maximum atomic E-state index is 12.3. The predicted molar refractivity (Wildman–Crippen MR) is 82.3 cm³/mol. The molecule has 0 aliphatic heterocycles. The third-order valence-corrected chi connectivity index (χ3v) is 5.01. The van der Waals surface area contributed by atoms with Gasteiger partial charge in [-0.1, -0.05) is 36.8 Å². The smallest absolute Gasteiger partial charge is 0.237 e. The van der Waals surface area contributed by atoms with Gasteiger partial charge in [-0.25, -0.2) is 0 Å². The van der Waals surface area contributed by atoms with Gasteiger partial charge in [0.05, 0.1) is 6.07 Å². The molecule has 4 heteroatoms. The lowest BCUT2D eigenvalue weighted by molar-refractivity contribution is -0.124. The first kappa shape index (κ1) is 14.9. The number of benzene rings is 1. The van der Waals surface area contributed by atoms with Crippen LogP contribution in [0.3, 0.4) is 0 Å². The van der Waals surface area contributed by atoms with E-state index in [0.717, 1.165) is 24.8 Å². The Balaban J connectivity index is 1.94. The van der Waals surface area contributed by atoms with E-state index in [1.165, 1.54) is 0 Å². The van der Waals surface area contributed by atoms with Gasteiger partial charge < -0.3 is 5.32 Å². The molecule has 0 heterocycles. The minimum atomic E-state index is -0.597. The number of nitrogens with one attached hydrogen (secondary N) is 1. The van der Waals surface area contributed by atoms with E-state index in [1.54, 1.807) is 0 Å². The molecule has 1 aromatic carbocycles. The Hall–Kier alpha value is -1.47. The van der Waals surface area contributed by atoms with Gasteiger partial charge in [0.15, 0.2) is 0 Å². The van der Waals surface area contributed by atoms with Crippen molar-refractivity contribution >= 4 is 17.7 Å². The molecule has 1 amide bonds. The fraction of sp³-hybridized carbons (Fsp3) is 0.500. The number of carbonyl (C=O) groups is 1. The first-order chi connectivity index (χ1) is 9.74. The summed E-state index contributed by atoms with van der Waals surface area (Å²) in [4.78, 5) is 12.3. The van der Waals surface area contributed by atoms with Crippen LogP contribution in [0, 0.1) is 17.2 Å². The minimum Gasteiger partial charge on any atom is -0.351 e. The number of hydrogen-bond acceptors (Lipinski definition) is 3. The highest BCUT2D eigenvalue weighted by molar-refractivity contribution is 7.99. The van der Waals surface area contributed by atoms with E-state index in [2.05, 4.69) is 17.6 Å². The largest absolute Gasteiger partial charge is 0.351 e. The molecule has 0 radical (unpaired) electrons. The number of carbonyl (C=O) groups excluding carboxylic acids is 1. The lowest BCUT2D eigenvalue weighted by Gasteiger charge is -2.20. The van der Waals surface area contributed by atoms with Crippen molar-refractivity contribution in [2.45, 2.75) is 37.0 Å². The van der Waals surface area contributed by atoms with E-state index in [-0.39, 0.29) is 11.9 Å². The Morgan fingerprint density at radius 3 is 2.85 bits per heavy atom. The monoisotopic (exact) mass is 288 g/mol. The van der Waals surface area contributed by atoms with Crippen molar-refractivity contribution in [3.63, 3.8) is 0 Å². The first-order valence-electron chi connectivity index (χ1n) is 7.01. The SMILES string of the molecule is CSC1CCCC1NC(=O)C(C#N)Cc1ccccc1. The van der Waals surface area contributed by atoms with E-state index in [4.69, 9.17) is 0 Å². The Kier molecular flexibility index (Phi) is 5.49. The highest BCUT2D eigenvalue weighted by atomic mass is 32.2. The van der Waals surface area contributed by atoms with Crippen molar-refractivity contribution < 1.29 is 4.79 Å². The van der Waals surface area contributed by atoms with E-state index in [1.807, 2.05) is 42.1 Å². The van der Waals surface area contributed by atoms with E-state index in [9.17, 15) is 10.1 Å². The standard InChI is InChI=1S/C16H20N2OS/c1-20-15-9-5-8-14(15)18-16(19)13(11-17)10-12-6-3-2-4-7-12/h2-4,6-7,13-15H,5,8-10H2,1H3,(H,18,19). The van der Waals surface area contributed by atoms with Crippen LogP contribution >= 0.6 is 11.8 Å². The van der Waals surface area contributed by atoms with Crippen LogP contribution in [0.15, 0.2) is 30.3 Å². The predicted octanol–water partition coefficient (Wildman–Crippen LogP) is 2.77. The van der Waals surface area contributed by atoms with Gasteiger partial charge in [-0.2, -0.15) is 17.0 Å². The van der Waals surface area contributed by atoms with Gasteiger partial charge in [-0.3, -0.25) is 4.79 Å². The second-order valence-corrected chi connectivity index (χ2v) is 6.27. The molecular formula is C16H20N2OS. The molecule has 1 N–H and O–H groups in total. The summed E-state index contributed by atoms with van der Waals surface area (Å²) in [5.74, 6) is -0.720. The van der Waals surface area contributed by atoms with Gasteiger partial charge in [0.25, 0.3) is 0 Å². The van der Waals surface area contributed by atoms with E-state index in [0.29, 0.717) is 11.7 Å². The molecule has 3 unspecified atom stereocenters. The van der Waals surface area contributed by atoms with Gasteiger partial charge in [0, 0.05) is 11.3 Å². The first-order valence-corrected chi connectivity index (χ1v) is 8.30. The molecule has 1 aliphatic rings. The zero-order valence-corrected chi connectivity index (χ0v) is 12.5. The molecule has 1 aliphatic carbocycles. The van der Waals surface area contributed by atoms with Crippen LogP contribution in [0.4, 0.5) is 0 Å². The molecule has 3 nitrogen and oxygen atoms in total. The quantitative estimate of drug-likeness (QED) is 0.906. The van der Waals surface area contributed by atoms with E-state index < -0.39 is 5.92 Å². The number of hydrogen-bond donors (Lipinski definition) is 1. The Bertz CT molecular complexity index is 483. The fourth-order valence-electron chi connectivity index (χ4n) is 2.70. The number of nitrogens with zero attached hydrogens (tertiary/aromatic N) is 1. The molecule has 1 saturated carbocycles. The van der Waals surface area contributed by atoms with Crippen LogP contribution in [-0.2, 0) is 11.2 Å². The number of thioether (sulfide) groups is 1. The number of rotatable bonds is 5. The lowest BCUT2D eigenvalue weighted by atomic mass is 9.99. The lowest BCUT2D eigenvalue weighted by Crippen LogP contribution is -2.42. The Morgan fingerprint density at radius 2 is 2.20 bits per heavy atom. The summed E-state index contributed by atoms with van der Waals surface area (Å²) in [5, 5.41) is 12.8. The highest BCUT2D eigenvalue weighted by Gasteiger charge is 2.30. The van der Waals surface area contributed by atoms with Crippen LogP contribution in [0.2, 0.25) is 0 Å². The summed E-state index contributed by atoms with van der Waals surface area (Å²) in [6.45, 7) is 0. The Labute approximate surface area is 124 Å². The summed E-state index contributed by atoms with van der Waals surface area (Å²) in [6.07, 6.45) is 5.91. The fourth-order valence-corrected chi connectivity index (χ4v) is 3.64. The molecule has 20 heavy (non-hydrogen) atoms. The molecule has 1 aromatic rings. The maximum absolute atomic E-state index is 12.3. The molecule has 3 atom stereocenters. The molecule has 0 spiro atoms. The van der Waals surface area contributed by atoms with Gasteiger partial charge in [0.1, 0.15) is 5.92 Å². The highest BCUT2D eigenvalue weighted by Crippen LogP contribution is 2.28. The van der Waals surface area contributed by atoms with Crippen LogP contribution in [0.1, 0.15) is 24.8 Å². The normalized spacial score (nSPS) is 23.0. The summed E-state index contributed by atoms with van der Waals surface area (Å²) in [6, 6.07) is 12.1. The van der Waals surface area contributed by atoms with Crippen LogP contribution in [0.5, 0.6) is 0 Å². The molecule has 0 saturated heterocycles. The van der Waals surface area contributed by atoms with Crippen molar-refractivity contribution in [3.8, 4) is 6.07 Å². The zero-order valence-electron chi connectivity index (χ0n) is 11.7. The summed E-state index contributed by atoms with van der Waals surface area (Å²) < 4.78 is 0. The third-order valence-electron chi connectivity index (χ3n) is 3.84. The molecule has 1 fully saturated rings. The van der Waals surface area contributed by atoms with Crippen LogP contribution in [-0.4, -0.2) is 23.5 Å². The van der Waals surface area contributed by atoms with Gasteiger partial charge >= 0.3 is 0 Å². The van der Waals surface area contributed by atoms with Crippen LogP contribution < -0.4 is 5.32 Å². The molecule has 106 valence electrons. The van der Waals surface area contributed by atoms with Crippen molar-refractivity contribution in [1.29, 1.82) is 5.26 Å². The minimum absolute atomic E-state index is 0.123. The average molecular weight is 288 g/mol. The van der Waals surface area contributed by atoms with Crippen molar-refractivity contribution in [2.75, 3.05) is 6.26 Å². The number of amides is 1. The third kappa shape index (κ3) is 3.77. The maximum Gasteiger partial charge on any atom is 0.237 e. The van der Waals surface area contributed by atoms with Crippen molar-refractivity contribution in [1.82, 2.24) is 5.32 Å². The average Bonchev–Trinajstić information content (AvgIpc) is 2.92. The second-order valence-electron chi connectivity index (χ2n) is 5.19. The summed E-state index contributed by atoms with van der Waals surface area (Å²) >= 11 is 1.81. The zero-order chi connectivity index (χ0) is 14.4. The molecular weight excluding hydrogens is 268 g/mol. The van der Waals surface area contributed by atoms with Gasteiger partial charge in [-0.05, 0) is 31.1 Å². The number of nitriles is 1. The van der Waals surface area contributed by atoms with Crippen molar-refractivity contribution in [2.24, 2.45) is 5.92 Å². The van der Waals surface area contributed by atoms with E-state index >= 15 is 0 Å². The Morgan fingerprint density at radius 1 is 1.45 bits per heavy atom.